The summed E-state index contributed by atoms with van der Waals surface area (Å²) in [4.78, 5) is 0. The molecule has 3 nitrogen and oxygen atoms in total. The van der Waals surface area contributed by atoms with E-state index < -0.39 is 0 Å². The van der Waals surface area contributed by atoms with Crippen molar-refractivity contribution < 1.29 is 9.47 Å². The van der Waals surface area contributed by atoms with Gasteiger partial charge in [0.2, 0.25) is 0 Å². The summed E-state index contributed by atoms with van der Waals surface area (Å²) in [6.45, 7) is 5.73. The van der Waals surface area contributed by atoms with Crippen molar-refractivity contribution in [1.29, 1.82) is 0 Å². The van der Waals surface area contributed by atoms with Gasteiger partial charge in [-0.1, -0.05) is 34.1 Å². The van der Waals surface area contributed by atoms with Gasteiger partial charge in [0.25, 0.3) is 0 Å². The Morgan fingerprint density at radius 2 is 2.05 bits per heavy atom. The maximum atomic E-state index is 6.15. The Morgan fingerprint density at radius 3 is 2.67 bits per heavy atom. The summed E-state index contributed by atoms with van der Waals surface area (Å²) in [5.41, 5.74) is 1.07. The standard InChI is InChI=1S/C17H26BrNO2/c1-17(2,20-3)10-11-21-16(12-19-13-8-9-13)14-6-4-5-7-15(14)18/h4-7,13,16,19H,8-12H2,1-3H3. The fourth-order valence-corrected chi connectivity index (χ4v) is 2.65. The van der Waals surface area contributed by atoms with Crippen LogP contribution in [-0.4, -0.2) is 31.9 Å². The van der Waals surface area contributed by atoms with E-state index in [-0.39, 0.29) is 11.7 Å². The number of nitrogens with one attached hydrogen (secondary N) is 1. The molecule has 0 saturated heterocycles. The van der Waals surface area contributed by atoms with Crippen molar-refractivity contribution in [2.45, 2.75) is 50.9 Å². The molecule has 0 spiro atoms. The van der Waals surface area contributed by atoms with E-state index in [9.17, 15) is 0 Å². The van der Waals surface area contributed by atoms with Crippen LogP contribution in [0.3, 0.4) is 0 Å². The molecule has 1 saturated carbocycles. The first-order chi connectivity index (χ1) is 10.0. The van der Waals surface area contributed by atoms with Crippen molar-refractivity contribution in [1.82, 2.24) is 5.32 Å². The van der Waals surface area contributed by atoms with Crippen molar-refractivity contribution in [3.63, 3.8) is 0 Å². The molecule has 1 aromatic rings. The van der Waals surface area contributed by atoms with Crippen LogP contribution < -0.4 is 5.32 Å². The van der Waals surface area contributed by atoms with Gasteiger partial charge in [0, 0.05) is 24.2 Å². The number of hydrogen-bond acceptors (Lipinski definition) is 3. The van der Waals surface area contributed by atoms with Crippen LogP contribution >= 0.6 is 15.9 Å². The number of ether oxygens (including phenoxy) is 2. The summed E-state index contributed by atoms with van der Waals surface area (Å²) < 4.78 is 12.7. The SMILES string of the molecule is COC(C)(C)CCOC(CNC1CC1)c1ccccc1Br. The molecule has 0 aliphatic heterocycles. The van der Waals surface area contributed by atoms with E-state index in [1.54, 1.807) is 7.11 Å². The normalized spacial score (nSPS) is 17.0. The maximum absolute atomic E-state index is 6.15. The molecule has 1 N–H and O–H groups in total. The second-order valence-corrected chi connectivity index (χ2v) is 7.13. The first-order valence-electron chi connectivity index (χ1n) is 7.66. The minimum atomic E-state index is -0.137. The van der Waals surface area contributed by atoms with Crippen LogP contribution in [0.4, 0.5) is 0 Å². The first-order valence-corrected chi connectivity index (χ1v) is 8.46. The summed E-state index contributed by atoms with van der Waals surface area (Å²) in [5, 5.41) is 3.57. The van der Waals surface area contributed by atoms with Gasteiger partial charge in [0.05, 0.1) is 18.3 Å². The average molecular weight is 356 g/mol. The van der Waals surface area contributed by atoms with Crippen LogP contribution in [0, 0.1) is 0 Å². The number of methoxy groups -OCH3 is 1. The first kappa shape index (κ1) is 16.9. The minimum Gasteiger partial charge on any atom is -0.379 e. The Hall–Kier alpha value is -0.420. The van der Waals surface area contributed by atoms with Gasteiger partial charge in [-0.3, -0.25) is 0 Å². The summed E-state index contributed by atoms with van der Waals surface area (Å²) in [7, 11) is 1.75. The van der Waals surface area contributed by atoms with Gasteiger partial charge < -0.3 is 14.8 Å². The fourth-order valence-electron chi connectivity index (χ4n) is 2.11. The highest BCUT2D eigenvalue weighted by molar-refractivity contribution is 9.10. The lowest BCUT2D eigenvalue weighted by molar-refractivity contribution is -0.0274. The molecule has 0 heterocycles. The molecular formula is C17H26BrNO2. The highest BCUT2D eigenvalue weighted by Crippen LogP contribution is 2.28. The molecule has 0 aromatic heterocycles. The largest absolute Gasteiger partial charge is 0.379 e. The Kier molecular flexibility index (Phi) is 6.23. The van der Waals surface area contributed by atoms with Crippen molar-refractivity contribution in [3.8, 4) is 0 Å². The third-order valence-electron chi connectivity index (χ3n) is 4.00. The monoisotopic (exact) mass is 355 g/mol. The van der Waals surface area contributed by atoms with Crippen LogP contribution in [0.2, 0.25) is 0 Å². The maximum Gasteiger partial charge on any atom is 0.0960 e. The molecule has 1 aliphatic rings. The van der Waals surface area contributed by atoms with E-state index in [1.165, 1.54) is 18.4 Å². The van der Waals surface area contributed by atoms with Crippen molar-refractivity contribution in [2.24, 2.45) is 0 Å². The van der Waals surface area contributed by atoms with E-state index in [0.29, 0.717) is 12.6 Å². The Morgan fingerprint density at radius 1 is 1.33 bits per heavy atom. The van der Waals surface area contributed by atoms with Crippen molar-refractivity contribution >= 4 is 15.9 Å². The van der Waals surface area contributed by atoms with Crippen LogP contribution in [-0.2, 0) is 9.47 Å². The lowest BCUT2D eigenvalue weighted by atomic mass is 10.1. The lowest BCUT2D eigenvalue weighted by Crippen LogP contribution is -2.28. The Bertz CT molecular complexity index is 446. The fraction of sp³-hybridized carbons (Fsp3) is 0.647. The van der Waals surface area contributed by atoms with Crippen molar-refractivity contribution in [3.05, 3.63) is 34.3 Å². The van der Waals surface area contributed by atoms with Crippen molar-refractivity contribution in [2.75, 3.05) is 20.3 Å². The van der Waals surface area contributed by atoms with E-state index >= 15 is 0 Å². The van der Waals surface area contributed by atoms with Crippen LogP contribution in [0.25, 0.3) is 0 Å². The van der Waals surface area contributed by atoms with Gasteiger partial charge >= 0.3 is 0 Å². The molecule has 1 fully saturated rings. The minimum absolute atomic E-state index is 0.0776. The predicted octanol–water partition coefficient (Wildman–Crippen LogP) is 4.07. The summed E-state index contributed by atoms with van der Waals surface area (Å²) in [6, 6.07) is 8.99. The predicted molar refractivity (Wildman–Crippen MR) is 89.6 cm³/mol. The van der Waals surface area contributed by atoms with Gasteiger partial charge in [-0.25, -0.2) is 0 Å². The molecule has 0 amide bonds. The second kappa shape index (κ2) is 7.73. The van der Waals surface area contributed by atoms with Gasteiger partial charge in [0.1, 0.15) is 0 Å². The topological polar surface area (TPSA) is 30.5 Å². The highest BCUT2D eigenvalue weighted by Gasteiger charge is 2.24. The van der Waals surface area contributed by atoms with Crippen LogP contribution in [0.15, 0.2) is 28.7 Å². The quantitative estimate of drug-likeness (QED) is 0.723. The molecule has 1 aliphatic carbocycles. The Labute approximate surface area is 136 Å². The summed E-state index contributed by atoms with van der Waals surface area (Å²) in [5.74, 6) is 0. The van der Waals surface area contributed by atoms with E-state index in [2.05, 4.69) is 53.3 Å². The zero-order valence-electron chi connectivity index (χ0n) is 13.2. The zero-order valence-corrected chi connectivity index (χ0v) is 14.8. The van der Waals surface area contributed by atoms with Crippen LogP contribution in [0.5, 0.6) is 0 Å². The molecule has 118 valence electrons. The van der Waals surface area contributed by atoms with Gasteiger partial charge in [-0.15, -0.1) is 0 Å². The molecular weight excluding hydrogens is 330 g/mol. The summed E-state index contributed by atoms with van der Waals surface area (Å²) >= 11 is 3.63. The lowest BCUT2D eigenvalue weighted by Gasteiger charge is -2.25. The molecule has 4 heteroatoms. The third kappa shape index (κ3) is 5.70. The molecule has 21 heavy (non-hydrogen) atoms. The van der Waals surface area contributed by atoms with Gasteiger partial charge in [-0.05, 0) is 44.7 Å². The molecule has 0 radical (unpaired) electrons. The third-order valence-corrected chi connectivity index (χ3v) is 4.72. The zero-order chi connectivity index (χ0) is 15.3. The summed E-state index contributed by atoms with van der Waals surface area (Å²) in [6.07, 6.45) is 3.54. The Balaban J connectivity index is 1.93. The number of benzene rings is 1. The van der Waals surface area contributed by atoms with Gasteiger partial charge in [0.15, 0.2) is 0 Å². The van der Waals surface area contributed by atoms with E-state index in [1.807, 2.05) is 6.07 Å². The molecule has 1 aromatic carbocycles. The molecule has 2 rings (SSSR count). The molecule has 0 bridgehead atoms. The molecule has 1 unspecified atom stereocenters. The van der Waals surface area contributed by atoms with Crippen LogP contribution in [0.1, 0.15) is 44.8 Å². The number of rotatable bonds is 9. The number of halogens is 1. The highest BCUT2D eigenvalue weighted by atomic mass is 79.9. The van der Waals surface area contributed by atoms with Gasteiger partial charge in [-0.2, -0.15) is 0 Å². The molecule has 1 atom stereocenters. The average Bonchev–Trinajstić information content (AvgIpc) is 3.27. The second-order valence-electron chi connectivity index (χ2n) is 6.28. The smallest absolute Gasteiger partial charge is 0.0960 e. The van der Waals surface area contributed by atoms with E-state index in [0.717, 1.165) is 17.4 Å². The van der Waals surface area contributed by atoms with E-state index in [4.69, 9.17) is 9.47 Å². The number of hydrogen-bond donors (Lipinski definition) is 1.